The first-order valence-electron chi connectivity index (χ1n) is 4.82. The maximum atomic E-state index is 11.2. The Bertz CT molecular complexity index is 481. The van der Waals surface area contributed by atoms with Crippen LogP contribution >= 0.6 is 0 Å². The van der Waals surface area contributed by atoms with E-state index in [0.29, 0.717) is 6.54 Å². The summed E-state index contributed by atoms with van der Waals surface area (Å²) < 4.78 is 9.68. The number of furan rings is 1. The first kappa shape index (κ1) is 11.1. The van der Waals surface area contributed by atoms with E-state index in [0.717, 1.165) is 5.01 Å². The first-order chi connectivity index (χ1) is 8.06. The Morgan fingerprint density at radius 1 is 1.65 bits per heavy atom. The Balaban J connectivity index is 2.05. The number of rotatable bonds is 3. The van der Waals surface area contributed by atoms with Crippen LogP contribution in [-0.2, 0) is 4.74 Å². The van der Waals surface area contributed by atoms with E-state index in [9.17, 15) is 14.9 Å². The molecule has 1 aliphatic heterocycles. The van der Waals surface area contributed by atoms with Crippen LogP contribution in [0, 0.1) is 10.1 Å². The van der Waals surface area contributed by atoms with E-state index in [1.165, 1.54) is 18.3 Å². The van der Waals surface area contributed by atoms with Gasteiger partial charge < -0.3 is 9.15 Å². The van der Waals surface area contributed by atoms with Gasteiger partial charge in [0.1, 0.15) is 11.0 Å². The maximum absolute atomic E-state index is 11.2. The second-order valence-corrected chi connectivity index (χ2v) is 3.45. The van der Waals surface area contributed by atoms with Crippen LogP contribution < -0.4 is 0 Å². The van der Waals surface area contributed by atoms with Crippen molar-refractivity contribution in [1.29, 1.82) is 0 Å². The molecular weight excluding hydrogens is 230 g/mol. The summed E-state index contributed by atoms with van der Waals surface area (Å²) in [7, 11) is 0. The minimum atomic E-state index is -0.649. The number of ether oxygens (including phenoxy) is 1. The highest BCUT2D eigenvalue weighted by molar-refractivity contribution is 5.78. The largest absolute Gasteiger partial charge is 0.443 e. The van der Waals surface area contributed by atoms with Crippen LogP contribution in [0.1, 0.15) is 12.7 Å². The highest BCUT2D eigenvalue weighted by Crippen LogP contribution is 2.15. The van der Waals surface area contributed by atoms with Crippen molar-refractivity contribution < 1.29 is 18.9 Å². The lowest BCUT2D eigenvalue weighted by molar-refractivity contribution is -0.402. The van der Waals surface area contributed by atoms with Crippen LogP contribution in [0.4, 0.5) is 10.7 Å². The molecule has 0 aliphatic carbocycles. The second kappa shape index (κ2) is 4.24. The zero-order chi connectivity index (χ0) is 12.4. The summed E-state index contributed by atoms with van der Waals surface area (Å²) >= 11 is 0. The minimum Gasteiger partial charge on any atom is -0.443 e. The number of nitro groups is 1. The molecule has 0 saturated carbocycles. The van der Waals surface area contributed by atoms with Crippen molar-refractivity contribution in [1.82, 2.24) is 5.01 Å². The van der Waals surface area contributed by atoms with Gasteiger partial charge in [-0.2, -0.15) is 10.1 Å². The van der Waals surface area contributed by atoms with Gasteiger partial charge in [-0.05, 0) is 13.0 Å². The van der Waals surface area contributed by atoms with Crippen LogP contribution in [0.3, 0.4) is 0 Å². The smallest absolute Gasteiger partial charge is 0.433 e. The fraction of sp³-hybridized carbons (Fsp3) is 0.333. The van der Waals surface area contributed by atoms with Gasteiger partial charge in [0.25, 0.3) is 0 Å². The highest BCUT2D eigenvalue weighted by atomic mass is 16.6. The number of hydrogen-bond acceptors (Lipinski definition) is 6. The van der Waals surface area contributed by atoms with Gasteiger partial charge in [0.05, 0.1) is 18.8 Å². The fourth-order valence-corrected chi connectivity index (χ4v) is 1.32. The molecule has 1 aromatic heterocycles. The summed E-state index contributed by atoms with van der Waals surface area (Å²) in [6, 6.07) is 2.61. The standard InChI is InChI=1S/C9H9N3O5/c1-6-5-11(9(13)16-6)10-4-7-2-3-8(17-7)12(14)15/h2-4,6H,5H2,1H3/b10-4-/t6-/m1/s1. The molecule has 2 rings (SSSR count). The molecule has 0 N–H and O–H groups in total. The van der Waals surface area contributed by atoms with Crippen molar-refractivity contribution in [3.63, 3.8) is 0 Å². The van der Waals surface area contributed by atoms with Gasteiger partial charge >= 0.3 is 12.0 Å². The zero-order valence-electron chi connectivity index (χ0n) is 8.90. The van der Waals surface area contributed by atoms with Crippen molar-refractivity contribution in [2.75, 3.05) is 6.54 Å². The van der Waals surface area contributed by atoms with Crippen molar-refractivity contribution >= 4 is 18.2 Å². The number of hydrazone groups is 1. The average Bonchev–Trinajstić information content (AvgIpc) is 2.82. The van der Waals surface area contributed by atoms with Gasteiger partial charge in [-0.1, -0.05) is 0 Å². The number of carbonyl (C=O) groups is 1. The van der Waals surface area contributed by atoms with E-state index in [1.807, 2.05) is 0 Å². The van der Waals surface area contributed by atoms with Gasteiger partial charge in [0.2, 0.25) is 0 Å². The van der Waals surface area contributed by atoms with E-state index in [1.54, 1.807) is 6.92 Å². The van der Waals surface area contributed by atoms with Gasteiger partial charge in [0.15, 0.2) is 5.76 Å². The van der Waals surface area contributed by atoms with E-state index in [4.69, 9.17) is 9.15 Å². The van der Waals surface area contributed by atoms with Crippen molar-refractivity contribution in [3.8, 4) is 0 Å². The zero-order valence-corrected chi connectivity index (χ0v) is 8.90. The first-order valence-corrected chi connectivity index (χ1v) is 4.82. The molecule has 0 unspecified atom stereocenters. The van der Waals surface area contributed by atoms with Crippen molar-refractivity contribution in [3.05, 3.63) is 28.0 Å². The number of nitrogens with zero attached hydrogens (tertiary/aromatic N) is 3. The Morgan fingerprint density at radius 2 is 2.41 bits per heavy atom. The van der Waals surface area contributed by atoms with Crippen LogP contribution in [0.25, 0.3) is 0 Å². The lowest BCUT2D eigenvalue weighted by Gasteiger charge is -2.02. The van der Waals surface area contributed by atoms with E-state index in [2.05, 4.69) is 5.10 Å². The molecule has 0 spiro atoms. The van der Waals surface area contributed by atoms with E-state index < -0.39 is 11.0 Å². The molecule has 1 aliphatic rings. The predicted octanol–water partition coefficient (Wildman–Crippen LogP) is 1.36. The quantitative estimate of drug-likeness (QED) is 0.450. The Morgan fingerprint density at radius 3 is 2.94 bits per heavy atom. The summed E-state index contributed by atoms with van der Waals surface area (Å²) in [4.78, 5) is 20.9. The number of amides is 1. The summed E-state index contributed by atoms with van der Waals surface area (Å²) in [6.45, 7) is 2.09. The molecule has 1 atom stereocenters. The van der Waals surface area contributed by atoms with Crippen molar-refractivity contribution in [2.24, 2.45) is 5.10 Å². The molecule has 8 heteroatoms. The van der Waals surface area contributed by atoms with E-state index in [-0.39, 0.29) is 17.7 Å². The SMILES string of the molecule is C[C@@H]1CN(/N=C\c2ccc([N+](=O)[O-])o2)C(=O)O1. The predicted molar refractivity (Wildman–Crippen MR) is 55.6 cm³/mol. The lowest BCUT2D eigenvalue weighted by atomic mass is 10.4. The summed E-state index contributed by atoms with van der Waals surface area (Å²) in [5, 5.41) is 15.3. The normalized spacial score (nSPS) is 19.9. The van der Waals surface area contributed by atoms with Crippen LogP contribution in [0.2, 0.25) is 0 Å². The molecular formula is C9H9N3O5. The maximum Gasteiger partial charge on any atom is 0.433 e. The van der Waals surface area contributed by atoms with Gasteiger partial charge in [-0.3, -0.25) is 10.1 Å². The summed E-state index contributed by atoms with van der Waals surface area (Å²) in [6.07, 6.45) is 0.465. The summed E-state index contributed by atoms with van der Waals surface area (Å²) in [5.74, 6) is -0.173. The molecule has 17 heavy (non-hydrogen) atoms. The third-order valence-corrected chi connectivity index (χ3v) is 2.06. The molecule has 1 aromatic rings. The third-order valence-electron chi connectivity index (χ3n) is 2.06. The van der Waals surface area contributed by atoms with Crippen LogP contribution in [-0.4, -0.2) is 34.9 Å². The fourth-order valence-electron chi connectivity index (χ4n) is 1.32. The topological polar surface area (TPSA) is 98.2 Å². The van der Waals surface area contributed by atoms with Crippen LogP contribution in [0.15, 0.2) is 21.7 Å². The van der Waals surface area contributed by atoms with Gasteiger partial charge in [0, 0.05) is 0 Å². The molecule has 0 bridgehead atoms. The molecule has 0 radical (unpaired) electrons. The average molecular weight is 239 g/mol. The lowest BCUT2D eigenvalue weighted by Crippen LogP contribution is -2.18. The number of hydrogen-bond donors (Lipinski definition) is 0. The van der Waals surface area contributed by atoms with Gasteiger partial charge in [-0.25, -0.2) is 4.79 Å². The molecule has 1 saturated heterocycles. The van der Waals surface area contributed by atoms with E-state index >= 15 is 0 Å². The van der Waals surface area contributed by atoms with Crippen molar-refractivity contribution in [2.45, 2.75) is 13.0 Å². The monoisotopic (exact) mass is 239 g/mol. The Kier molecular flexibility index (Phi) is 2.77. The summed E-state index contributed by atoms with van der Waals surface area (Å²) in [5.41, 5.74) is 0. The molecule has 1 amide bonds. The molecule has 1 fully saturated rings. The van der Waals surface area contributed by atoms with Crippen LogP contribution in [0.5, 0.6) is 0 Å². The molecule has 90 valence electrons. The molecule has 8 nitrogen and oxygen atoms in total. The Hall–Kier alpha value is -2.38. The minimum absolute atomic E-state index is 0.198. The molecule has 2 heterocycles. The highest BCUT2D eigenvalue weighted by Gasteiger charge is 2.27. The number of cyclic esters (lactones) is 1. The third kappa shape index (κ3) is 2.41. The molecule has 0 aromatic carbocycles. The number of carbonyl (C=O) groups excluding carboxylic acids is 1. The second-order valence-electron chi connectivity index (χ2n) is 3.45. The Labute approximate surface area is 95.6 Å². The van der Waals surface area contributed by atoms with Gasteiger partial charge in [-0.15, -0.1) is 0 Å².